The monoisotopic (exact) mass is 378 g/mol. The molecule has 1 aromatic heterocycles. The van der Waals surface area contributed by atoms with Gasteiger partial charge >= 0.3 is 0 Å². The summed E-state index contributed by atoms with van der Waals surface area (Å²) in [5.41, 5.74) is 2.19. The minimum absolute atomic E-state index is 0.0238. The number of para-hydroxylation sites is 2. The summed E-state index contributed by atoms with van der Waals surface area (Å²) in [6.07, 6.45) is 2.81. The maximum atomic E-state index is 13.0. The second kappa shape index (κ2) is 7.72. The van der Waals surface area contributed by atoms with Crippen LogP contribution in [-0.4, -0.2) is 45.8 Å². The van der Waals surface area contributed by atoms with E-state index in [0.29, 0.717) is 42.7 Å². The van der Waals surface area contributed by atoms with Gasteiger partial charge in [-0.25, -0.2) is 9.37 Å². The summed E-state index contributed by atoms with van der Waals surface area (Å²) in [4.78, 5) is 35.4. The third-order valence-electron chi connectivity index (χ3n) is 4.89. The van der Waals surface area contributed by atoms with E-state index in [-0.39, 0.29) is 23.7 Å². The van der Waals surface area contributed by atoms with Crippen molar-refractivity contribution in [1.29, 1.82) is 0 Å². The average Bonchev–Trinajstić information content (AvgIpc) is 2.74. The first-order valence-electron chi connectivity index (χ1n) is 9.17. The molecule has 0 unspecified atom stereocenters. The van der Waals surface area contributed by atoms with Gasteiger partial charge in [0, 0.05) is 24.7 Å². The number of hydrogen-bond acceptors (Lipinski definition) is 4. The van der Waals surface area contributed by atoms with E-state index in [1.807, 2.05) is 24.3 Å². The fraction of sp³-hybridized carbons (Fsp3) is 0.238. The normalized spacial score (nSPS) is 14.8. The summed E-state index contributed by atoms with van der Waals surface area (Å²) in [6.45, 7) is 1.06. The zero-order chi connectivity index (χ0) is 19.5. The van der Waals surface area contributed by atoms with Crippen molar-refractivity contribution in [3.05, 3.63) is 71.8 Å². The van der Waals surface area contributed by atoms with Crippen LogP contribution in [-0.2, 0) is 0 Å². The fourth-order valence-electron chi connectivity index (χ4n) is 3.32. The number of nitrogens with one attached hydrogen (secondary N) is 1. The number of nitrogens with zero attached hydrogens (tertiary/aromatic N) is 3. The third kappa shape index (κ3) is 3.83. The van der Waals surface area contributed by atoms with Crippen LogP contribution >= 0.6 is 0 Å². The van der Waals surface area contributed by atoms with Crippen LogP contribution in [0.25, 0.3) is 11.0 Å². The van der Waals surface area contributed by atoms with E-state index in [4.69, 9.17) is 0 Å². The van der Waals surface area contributed by atoms with E-state index in [2.05, 4.69) is 15.3 Å². The quantitative estimate of drug-likeness (QED) is 0.761. The highest BCUT2D eigenvalue weighted by molar-refractivity contribution is 5.95. The maximum absolute atomic E-state index is 13.0. The van der Waals surface area contributed by atoms with Crippen LogP contribution in [0.4, 0.5) is 4.39 Å². The summed E-state index contributed by atoms with van der Waals surface area (Å²) in [7, 11) is 0. The number of likely N-dealkylation sites (tertiary alicyclic amines) is 1. The van der Waals surface area contributed by atoms with Crippen LogP contribution in [0.5, 0.6) is 0 Å². The Hall–Kier alpha value is -3.35. The highest BCUT2D eigenvalue weighted by Crippen LogP contribution is 2.15. The summed E-state index contributed by atoms with van der Waals surface area (Å²) in [6, 6.07) is 12.8. The van der Waals surface area contributed by atoms with Crippen molar-refractivity contribution >= 4 is 22.8 Å². The lowest BCUT2D eigenvalue weighted by Crippen LogP contribution is -2.46. The highest BCUT2D eigenvalue weighted by Gasteiger charge is 2.25. The van der Waals surface area contributed by atoms with Crippen LogP contribution in [0, 0.1) is 5.82 Å². The molecule has 2 aromatic carbocycles. The lowest BCUT2D eigenvalue weighted by molar-refractivity contribution is 0.0692. The molecule has 0 aliphatic carbocycles. The lowest BCUT2D eigenvalue weighted by Gasteiger charge is -2.32. The number of carbonyl (C=O) groups is 2. The maximum Gasteiger partial charge on any atom is 0.274 e. The largest absolute Gasteiger partial charge is 0.349 e. The van der Waals surface area contributed by atoms with Gasteiger partial charge in [-0.2, -0.15) is 0 Å². The molecule has 0 bridgehead atoms. The molecular weight excluding hydrogens is 359 g/mol. The molecule has 1 aliphatic rings. The first kappa shape index (κ1) is 18.0. The number of rotatable bonds is 3. The van der Waals surface area contributed by atoms with Gasteiger partial charge in [-0.3, -0.25) is 14.6 Å². The Morgan fingerprint density at radius 3 is 2.39 bits per heavy atom. The minimum Gasteiger partial charge on any atom is -0.349 e. The number of fused-ring (bicyclic) bond motifs is 1. The lowest BCUT2D eigenvalue weighted by atomic mass is 10.0. The van der Waals surface area contributed by atoms with Crippen LogP contribution in [0.15, 0.2) is 54.7 Å². The number of hydrogen-bond donors (Lipinski definition) is 1. The first-order chi connectivity index (χ1) is 13.6. The number of piperidine rings is 1. The Balaban J connectivity index is 1.35. The van der Waals surface area contributed by atoms with Crippen molar-refractivity contribution in [3.63, 3.8) is 0 Å². The van der Waals surface area contributed by atoms with Gasteiger partial charge in [0.25, 0.3) is 11.8 Å². The van der Waals surface area contributed by atoms with E-state index in [0.717, 1.165) is 5.52 Å². The molecule has 1 N–H and O–H groups in total. The Bertz CT molecular complexity index is 1010. The van der Waals surface area contributed by atoms with Crippen LogP contribution < -0.4 is 5.32 Å². The van der Waals surface area contributed by atoms with E-state index in [1.165, 1.54) is 30.5 Å². The average molecular weight is 378 g/mol. The van der Waals surface area contributed by atoms with E-state index >= 15 is 0 Å². The molecule has 4 rings (SSSR count). The molecule has 1 aliphatic heterocycles. The molecule has 0 spiro atoms. The minimum atomic E-state index is -0.375. The molecule has 3 aromatic rings. The van der Waals surface area contributed by atoms with Crippen molar-refractivity contribution in [2.75, 3.05) is 13.1 Å². The molecule has 28 heavy (non-hydrogen) atoms. The van der Waals surface area contributed by atoms with Crippen molar-refractivity contribution in [2.24, 2.45) is 0 Å². The van der Waals surface area contributed by atoms with Crippen molar-refractivity contribution in [2.45, 2.75) is 18.9 Å². The zero-order valence-corrected chi connectivity index (χ0v) is 15.1. The van der Waals surface area contributed by atoms with Gasteiger partial charge in [-0.1, -0.05) is 12.1 Å². The Labute approximate surface area is 161 Å². The predicted octanol–water partition coefficient (Wildman–Crippen LogP) is 2.80. The van der Waals surface area contributed by atoms with Gasteiger partial charge in [-0.15, -0.1) is 0 Å². The summed E-state index contributed by atoms with van der Waals surface area (Å²) in [5.74, 6) is -0.758. The Morgan fingerprint density at radius 2 is 1.68 bits per heavy atom. The molecule has 0 atom stereocenters. The number of carbonyl (C=O) groups excluding carboxylic acids is 2. The van der Waals surface area contributed by atoms with Crippen LogP contribution in [0.2, 0.25) is 0 Å². The highest BCUT2D eigenvalue weighted by atomic mass is 19.1. The molecule has 0 radical (unpaired) electrons. The second-order valence-corrected chi connectivity index (χ2v) is 6.79. The van der Waals surface area contributed by atoms with Crippen molar-refractivity contribution < 1.29 is 14.0 Å². The smallest absolute Gasteiger partial charge is 0.274 e. The Kier molecular flexibility index (Phi) is 4.97. The number of benzene rings is 2. The van der Waals surface area contributed by atoms with Gasteiger partial charge in [-0.05, 0) is 49.2 Å². The van der Waals surface area contributed by atoms with Gasteiger partial charge < -0.3 is 10.2 Å². The summed E-state index contributed by atoms with van der Waals surface area (Å²) in [5, 5.41) is 2.95. The van der Waals surface area contributed by atoms with E-state index < -0.39 is 0 Å². The zero-order valence-electron chi connectivity index (χ0n) is 15.1. The first-order valence-corrected chi connectivity index (χ1v) is 9.17. The predicted molar refractivity (Wildman–Crippen MR) is 102 cm³/mol. The number of aromatic nitrogens is 2. The van der Waals surface area contributed by atoms with Crippen LogP contribution in [0.3, 0.4) is 0 Å². The summed E-state index contributed by atoms with van der Waals surface area (Å²) < 4.78 is 13.0. The van der Waals surface area contributed by atoms with Gasteiger partial charge in [0.05, 0.1) is 17.2 Å². The van der Waals surface area contributed by atoms with Crippen molar-refractivity contribution in [1.82, 2.24) is 20.2 Å². The van der Waals surface area contributed by atoms with E-state index in [9.17, 15) is 14.0 Å². The molecule has 2 heterocycles. The topological polar surface area (TPSA) is 75.2 Å². The molecule has 6 nitrogen and oxygen atoms in total. The number of amides is 2. The third-order valence-corrected chi connectivity index (χ3v) is 4.89. The molecule has 2 amide bonds. The standard InChI is InChI=1S/C21H19FN4O2/c22-15-7-5-14(6-8-15)20(27)24-16-9-11-26(12-10-16)21(28)19-13-23-17-3-1-2-4-18(17)25-19/h1-8,13,16H,9-12H2,(H,24,27). The molecule has 142 valence electrons. The Morgan fingerprint density at radius 1 is 1.00 bits per heavy atom. The molecule has 7 heteroatoms. The molecule has 1 saturated heterocycles. The van der Waals surface area contributed by atoms with E-state index in [1.54, 1.807) is 4.90 Å². The molecule has 0 saturated carbocycles. The molecule has 1 fully saturated rings. The number of halogens is 1. The summed E-state index contributed by atoms with van der Waals surface area (Å²) >= 11 is 0. The molecular formula is C21H19FN4O2. The van der Waals surface area contributed by atoms with Gasteiger partial charge in [0.2, 0.25) is 0 Å². The SMILES string of the molecule is O=C(NC1CCN(C(=O)c2cnc3ccccc3n2)CC1)c1ccc(F)cc1. The fourth-order valence-corrected chi connectivity index (χ4v) is 3.32. The van der Waals surface area contributed by atoms with Crippen LogP contribution in [0.1, 0.15) is 33.7 Å². The van der Waals surface area contributed by atoms with Gasteiger partial charge in [0.1, 0.15) is 11.5 Å². The van der Waals surface area contributed by atoms with Crippen molar-refractivity contribution in [3.8, 4) is 0 Å². The van der Waals surface area contributed by atoms with Gasteiger partial charge in [0.15, 0.2) is 0 Å². The second-order valence-electron chi connectivity index (χ2n) is 6.79.